The first-order chi connectivity index (χ1) is 73.1. The molecular weight excluding hydrogens is 1970 g/mol. The molecule has 0 spiro atoms. The van der Waals surface area contributed by atoms with Crippen molar-refractivity contribution in [3.63, 3.8) is 0 Å². The van der Waals surface area contributed by atoms with Crippen molar-refractivity contribution >= 4 is 172 Å². The maximum absolute atomic E-state index is 15.1. The zero-order valence-corrected chi connectivity index (χ0v) is 91.6. The van der Waals surface area contributed by atoms with Crippen LogP contribution >= 0.6 is 63.4 Å². The summed E-state index contributed by atoms with van der Waals surface area (Å²) in [4.78, 5) is 75.1. The quantitative estimate of drug-likeness (QED) is 0.0273. The van der Waals surface area contributed by atoms with Crippen molar-refractivity contribution in [3.05, 3.63) is 485 Å². The Morgan fingerprint density at radius 1 is 0.135 bits per heavy atom. The summed E-state index contributed by atoms with van der Waals surface area (Å²) < 4.78 is 0. The predicted molar refractivity (Wildman–Crippen MR) is 642 cm³/mol. The van der Waals surface area contributed by atoms with Crippen molar-refractivity contribution < 1.29 is 19.2 Å². The molecule has 22 heteroatoms. The number of carbonyl (C=O) groups excluding carboxylic acids is 4. The molecule has 0 aliphatic carbocycles. The molecule has 0 radical (unpaired) electrons. The Morgan fingerprint density at radius 2 is 0.236 bits per heavy atom. The zero-order chi connectivity index (χ0) is 101. The first-order valence-electron chi connectivity index (χ1n) is 51.5. The first kappa shape index (κ1) is 109. The fraction of sp³-hybridized carbons (Fsp3) is 0.206. The number of rotatable bonds is 59. The van der Waals surface area contributed by atoms with Gasteiger partial charge in [0.15, 0.2) is 0 Å². The fourth-order valence-electron chi connectivity index (χ4n) is 18.3. The molecule has 0 heterocycles. The van der Waals surface area contributed by atoms with E-state index in [-0.39, 0.29) is 49.3 Å². The van der Waals surface area contributed by atoms with E-state index < -0.39 is 63.4 Å². The summed E-state index contributed by atoms with van der Waals surface area (Å²) in [6.45, 7) is 6.60. The van der Waals surface area contributed by atoms with E-state index in [0.29, 0.717) is 91.6 Å². The second-order valence-corrected chi connectivity index (χ2v) is 54.0. The highest BCUT2D eigenvalue weighted by molar-refractivity contribution is 7.76. The lowest BCUT2D eigenvalue weighted by molar-refractivity contribution is -0.123. The van der Waals surface area contributed by atoms with Crippen molar-refractivity contribution in [2.75, 3.05) is 142 Å². The molecule has 148 heavy (non-hydrogen) atoms. The van der Waals surface area contributed by atoms with E-state index in [1.54, 1.807) is 0 Å². The third-order valence-electron chi connectivity index (χ3n) is 26.2. The number of amides is 4. The summed E-state index contributed by atoms with van der Waals surface area (Å²) in [5.41, 5.74) is 0. The maximum atomic E-state index is 15.1. The van der Waals surface area contributed by atoms with Gasteiger partial charge < -0.3 is 31.1 Å². The molecule has 0 aromatic heterocycles. The van der Waals surface area contributed by atoms with Crippen molar-refractivity contribution in [2.24, 2.45) is 0 Å². The number of benzene rings is 16. The molecule has 754 valence electrons. The lowest BCUT2D eigenvalue weighted by atomic mass is 10.2. The van der Waals surface area contributed by atoms with Gasteiger partial charge in [-0.15, -0.1) is 0 Å². The van der Waals surface area contributed by atoms with Gasteiger partial charge in [0.25, 0.3) is 0 Å². The average Bonchev–Trinajstić information content (AvgIpc) is 0.830. The monoisotopic (exact) mass is 2100 g/mol. The summed E-state index contributed by atoms with van der Waals surface area (Å²) in [6.07, 6.45) is 7.08. The van der Waals surface area contributed by atoms with Crippen LogP contribution in [0.4, 0.5) is 0 Å². The van der Waals surface area contributed by atoms with Gasteiger partial charge in [-0.2, -0.15) is 0 Å². The van der Waals surface area contributed by atoms with E-state index in [2.05, 4.69) is 536 Å². The van der Waals surface area contributed by atoms with E-state index in [1.165, 1.54) is 84.9 Å². The van der Waals surface area contributed by atoms with Gasteiger partial charge >= 0.3 is 0 Å². The fourth-order valence-corrected chi connectivity index (χ4v) is 37.6. The lowest BCUT2D eigenvalue weighted by Crippen LogP contribution is -2.43. The number of nitrogens with one attached hydrogen (secondary N) is 4. The second kappa shape index (κ2) is 61.1. The standard InChI is InChI=1S/C126H136N10O4P8/c137-123(127-85-93-133(99-141(107-49-17-1-18-50-107)108-51-19-2-20-52-108)100-142(109-53-21-3-22-54-109)110-55-23-4-24-56-110)81-89-131(90-82-124(138)128-86-94-134(101-143(111-57-25-5-26-58-111)112-59-27-6-28-60-112)102-144(113-61-29-7-30-62-113)114-63-31-8-32-64-114)97-98-132(91-83-125(139)129-87-95-135(103-145(115-65-33-9-34-66-115)116-67-35-10-36-68-116)104-146(117-69-37-11-38-70-117)118-71-39-12-40-72-118)92-84-126(140)130-88-96-136(105-147(119-73-41-13-42-74-119)120-75-43-14-44-76-120)106-148(121-77-45-15-46-78-121)122-79-47-16-48-80-122/h1-80H,81-106H2,(H,127,137)(H,128,138)(H,129,139)(H,130,140). The van der Waals surface area contributed by atoms with Gasteiger partial charge in [-0.3, -0.25) is 38.8 Å². The van der Waals surface area contributed by atoms with Crippen LogP contribution in [-0.4, -0.2) is 195 Å². The van der Waals surface area contributed by atoms with E-state index in [9.17, 15) is 0 Å². The Hall–Kier alpha value is -11.4. The van der Waals surface area contributed by atoms with Crippen molar-refractivity contribution in [1.82, 2.24) is 50.7 Å². The Kier molecular flexibility index (Phi) is 45.1. The number of carbonyl (C=O) groups is 4. The van der Waals surface area contributed by atoms with E-state index in [0.717, 1.165) is 50.3 Å². The maximum Gasteiger partial charge on any atom is 0.221 e. The highest BCUT2D eigenvalue weighted by atomic mass is 31.1. The molecule has 0 saturated carbocycles. The minimum Gasteiger partial charge on any atom is -0.355 e. The molecule has 0 fully saturated rings. The van der Waals surface area contributed by atoms with Crippen molar-refractivity contribution in [1.29, 1.82) is 0 Å². The van der Waals surface area contributed by atoms with Gasteiger partial charge in [0.1, 0.15) is 0 Å². The number of hydrogen-bond acceptors (Lipinski definition) is 10. The predicted octanol–water partition coefficient (Wildman–Crippen LogP) is 17.5. The largest absolute Gasteiger partial charge is 0.355 e. The number of hydrogen-bond donors (Lipinski definition) is 4. The van der Waals surface area contributed by atoms with Crippen LogP contribution in [0.5, 0.6) is 0 Å². The van der Waals surface area contributed by atoms with Crippen LogP contribution in [0, 0.1) is 0 Å². The topological polar surface area (TPSA) is 136 Å². The highest BCUT2D eigenvalue weighted by Gasteiger charge is 2.31. The van der Waals surface area contributed by atoms with Gasteiger partial charge in [-0.1, -0.05) is 485 Å². The summed E-state index contributed by atoms with van der Waals surface area (Å²) in [6, 6.07) is 175. The summed E-state index contributed by atoms with van der Waals surface area (Å²) in [7, 11) is -6.67. The molecule has 0 aliphatic rings. The molecule has 0 unspecified atom stereocenters. The Morgan fingerprint density at radius 3 is 0.338 bits per heavy atom. The minimum absolute atomic E-state index is 0.0718. The Bertz CT molecular complexity index is 5040. The molecule has 0 atom stereocenters. The summed E-state index contributed by atoms with van der Waals surface area (Å²) >= 11 is 0. The van der Waals surface area contributed by atoms with Gasteiger partial charge in [-0.25, -0.2) is 0 Å². The molecule has 0 aliphatic heterocycles. The van der Waals surface area contributed by atoms with Crippen LogP contribution in [-0.2, 0) is 19.2 Å². The van der Waals surface area contributed by atoms with Crippen LogP contribution in [0.15, 0.2) is 485 Å². The third kappa shape index (κ3) is 35.1. The van der Waals surface area contributed by atoms with E-state index in [1.807, 2.05) is 0 Å². The van der Waals surface area contributed by atoms with E-state index >= 15 is 19.2 Å². The average molecular weight is 2100 g/mol. The molecule has 16 aromatic rings. The van der Waals surface area contributed by atoms with Crippen LogP contribution in [0.3, 0.4) is 0 Å². The molecule has 4 amide bonds. The minimum atomic E-state index is -0.834. The third-order valence-corrected chi connectivity index (χ3v) is 46.4. The van der Waals surface area contributed by atoms with Gasteiger partial charge in [0.05, 0.1) is 0 Å². The van der Waals surface area contributed by atoms with Gasteiger partial charge in [0.2, 0.25) is 23.6 Å². The molecule has 0 saturated heterocycles. The molecule has 4 N–H and O–H groups in total. The van der Waals surface area contributed by atoms with Gasteiger partial charge in [0, 0.05) is 168 Å². The van der Waals surface area contributed by atoms with E-state index in [4.69, 9.17) is 0 Å². The van der Waals surface area contributed by atoms with Crippen molar-refractivity contribution in [2.45, 2.75) is 25.7 Å². The van der Waals surface area contributed by atoms with Crippen LogP contribution in [0.25, 0.3) is 0 Å². The molecule has 14 nitrogen and oxygen atoms in total. The van der Waals surface area contributed by atoms with Gasteiger partial charge in [-0.05, 0) is 148 Å². The highest BCUT2D eigenvalue weighted by Crippen LogP contribution is 2.45. The van der Waals surface area contributed by atoms with Crippen LogP contribution in [0.1, 0.15) is 25.7 Å². The number of nitrogens with zero attached hydrogens (tertiary/aromatic N) is 6. The molecular formula is C126H136N10O4P8. The normalized spacial score (nSPS) is 11.7. The molecule has 0 bridgehead atoms. The Labute approximate surface area is 888 Å². The molecule has 16 rings (SSSR count). The second-order valence-electron chi connectivity index (χ2n) is 36.6. The Balaban J connectivity index is 0.669. The summed E-state index contributed by atoms with van der Waals surface area (Å²) in [5, 5.41) is 34.6. The van der Waals surface area contributed by atoms with Crippen LogP contribution < -0.4 is 106 Å². The smallest absolute Gasteiger partial charge is 0.221 e. The SMILES string of the molecule is O=C(CCN(CCC(=O)NCCN(CP(c1ccccc1)c1ccccc1)CP(c1ccccc1)c1ccccc1)CCN(CCC(=O)NCCN(CP(c1ccccc1)c1ccccc1)CP(c1ccccc1)c1ccccc1)CCC(=O)NCCN(CP(c1ccccc1)c1ccccc1)CP(c1ccccc1)c1ccccc1)NCCN(CP(c1ccccc1)c1ccccc1)CP(c1ccccc1)c1ccccc1. The lowest BCUT2D eigenvalue weighted by Gasteiger charge is -2.32. The van der Waals surface area contributed by atoms with Crippen LogP contribution in [0.2, 0.25) is 0 Å². The molecule has 16 aromatic carbocycles. The summed E-state index contributed by atoms with van der Waals surface area (Å²) in [5.74, 6) is -0.287. The zero-order valence-electron chi connectivity index (χ0n) is 84.5. The van der Waals surface area contributed by atoms with Crippen molar-refractivity contribution in [3.8, 4) is 0 Å². The first-order valence-corrected chi connectivity index (χ1v) is 63.7.